The topological polar surface area (TPSA) is 73.6 Å². The van der Waals surface area contributed by atoms with E-state index in [1.165, 1.54) is 43.7 Å². The van der Waals surface area contributed by atoms with Gasteiger partial charge in [0.15, 0.2) is 6.10 Å². The highest BCUT2D eigenvalue weighted by molar-refractivity contribution is 5.30. The van der Waals surface area contributed by atoms with E-state index in [2.05, 4.69) is 17.1 Å². The molecule has 0 radical (unpaired) electrons. The fraction of sp³-hybridized carbons (Fsp3) is 0.545. The normalized spacial score (nSPS) is 19.9. The Bertz CT molecular complexity index is 877. The van der Waals surface area contributed by atoms with Crippen molar-refractivity contribution < 1.29 is 14.6 Å². The number of hydrogen-bond donors (Lipinski definition) is 1. The minimum Gasteiger partial charge on any atom is -0.490 e. The van der Waals surface area contributed by atoms with E-state index in [1.807, 2.05) is 12.1 Å². The molecule has 4 rings (SSSR count). The number of aliphatic hydroxyl groups is 1. The lowest BCUT2D eigenvalue weighted by Crippen LogP contribution is -2.27. The molecule has 1 fully saturated rings. The summed E-state index contributed by atoms with van der Waals surface area (Å²) in [5.74, 6) is 1.49. The standard InChI is InChI=1S/C22H28N2O4/c1-22(2,26)19-12-20(25)23-21-24(19)13-18(28-21)14-27-17-10-8-16(9-11-17)15-6-4-3-5-7-15/h8-12,15,18,26H,3-7,13-14H2,1-2H3. The third-order valence-electron chi connectivity index (χ3n) is 5.67. The smallest absolute Gasteiger partial charge is 0.300 e. The SMILES string of the molecule is CC(C)(O)c1cc(=O)nc2n1CC(COc1ccc(C3CCCCC3)cc1)O2. The Morgan fingerprint density at radius 1 is 1.21 bits per heavy atom. The van der Waals surface area contributed by atoms with Gasteiger partial charge in [0, 0.05) is 6.07 Å². The highest BCUT2D eigenvalue weighted by atomic mass is 16.6. The number of ether oxygens (including phenoxy) is 2. The maximum atomic E-state index is 11.8. The summed E-state index contributed by atoms with van der Waals surface area (Å²) in [5, 5.41) is 10.3. The summed E-state index contributed by atoms with van der Waals surface area (Å²) in [7, 11) is 0. The Balaban J connectivity index is 1.39. The van der Waals surface area contributed by atoms with Crippen molar-refractivity contribution in [2.75, 3.05) is 6.61 Å². The first-order valence-corrected chi connectivity index (χ1v) is 10.1. The number of aromatic nitrogens is 2. The van der Waals surface area contributed by atoms with Gasteiger partial charge in [0.1, 0.15) is 12.4 Å². The molecule has 2 heterocycles. The van der Waals surface area contributed by atoms with Gasteiger partial charge in [-0.1, -0.05) is 31.4 Å². The molecule has 1 aliphatic carbocycles. The zero-order valence-electron chi connectivity index (χ0n) is 16.6. The fourth-order valence-corrected chi connectivity index (χ4v) is 4.20. The monoisotopic (exact) mass is 384 g/mol. The van der Waals surface area contributed by atoms with Crippen molar-refractivity contribution in [1.82, 2.24) is 9.55 Å². The van der Waals surface area contributed by atoms with Crippen LogP contribution in [0.25, 0.3) is 0 Å². The van der Waals surface area contributed by atoms with E-state index >= 15 is 0 Å². The van der Waals surface area contributed by atoms with Crippen LogP contribution < -0.4 is 15.0 Å². The van der Waals surface area contributed by atoms with Crippen LogP contribution in [0.15, 0.2) is 35.1 Å². The molecule has 1 saturated carbocycles. The van der Waals surface area contributed by atoms with Gasteiger partial charge in [-0.2, -0.15) is 4.98 Å². The zero-order valence-corrected chi connectivity index (χ0v) is 16.6. The van der Waals surface area contributed by atoms with Crippen LogP contribution >= 0.6 is 0 Å². The van der Waals surface area contributed by atoms with Crippen molar-refractivity contribution in [2.24, 2.45) is 0 Å². The van der Waals surface area contributed by atoms with Crippen molar-refractivity contribution in [2.45, 2.75) is 70.1 Å². The highest BCUT2D eigenvalue weighted by Gasteiger charge is 2.31. The van der Waals surface area contributed by atoms with E-state index in [-0.39, 0.29) is 12.1 Å². The first-order chi connectivity index (χ1) is 13.4. The lowest BCUT2D eigenvalue weighted by molar-refractivity contribution is 0.0688. The summed E-state index contributed by atoms with van der Waals surface area (Å²) >= 11 is 0. The molecule has 150 valence electrons. The van der Waals surface area contributed by atoms with Crippen LogP contribution in [0.5, 0.6) is 11.8 Å². The van der Waals surface area contributed by atoms with E-state index in [0.717, 1.165) is 5.75 Å². The predicted octanol–water partition coefficient (Wildman–Crippen LogP) is 3.36. The molecule has 2 aliphatic rings. The molecule has 6 nitrogen and oxygen atoms in total. The first kappa shape index (κ1) is 19.0. The minimum atomic E-state index is -1.15. The largest absolute Gasteiger partial charge is 0.490 e. The van der Waals surface area contributed by atoms with Crippen LogP contribution in [0.3, 0.4) is 0 Å². The van der Waals surface area contributed by atoms with Crippen molar-refractivity contribution >= 4 is 0 Å². The molecule has 1 unspecified atom stereocenters. The lowest BCUT2D eigenvalue weighted by Gasteiger charge is -2.22. The first-order valence-electron chi connectivity index (χ1n) is 10.1. The van der Waals surface area contributed by atoms with Gasteiger partial charge < -0.3 is 14.6 Å². The molecule has 0 saturated heterocycles. The van der Waals surface area contributed by atoms with Crippen molar-refractivity contribution in [3.63, 3.8) is 0 Å². The average molecular weight is 384 g/mol. The molecule has 0 spiro atoms. The van der Waals surface area contributed by atoms with Gasteiger partial charge in [0.05, 0.1) is 17.8 Å². The van der Waals surface area contributed by atoms with Crippen LogP contribution in [0, 0.1) is 0 Å². The van der Waals surface area contributed by atoms with E-state index in [0.29, 0.717) is 24.8 Å². The van der Waals surface area contributed by atoms with Crippen LogP contribution in [0.2, 0.25) is 0 Å². The molecule has 0 amide bonds. The average Bonchev–Trinajstić information content (AvgIpc) is 3.08. The predicted molar refractivity (Wildman–Crippen MR) is 106 cm³/mol. The Labute approximate surface area is 165 Å². The van der Waals surface area contributed by atoms with Gasteiger partial charge >= 0.3 is 6.01 Å². The van der Waals surface area contributed by atoms with E-state index in [9.17, 15) is 9.90 Å². The highest BCUT2D eigenvalue weighted by Crippen LogP contribution is 2.33. The van der Waals surface area contributed by atoms with Crippen molar-refractivity contribution in [1.29, 1.82) is 0 Å². The third kappa shape index (κ3) is 4.07. The zero-order chi connectivity index (χ0) is 19.7. The fourth-order valence-electron chi connectivity index (χ4n) is 4.20. The van der Waals surface area contributed by atoms with Crippen molar-refractivity contribution in [3.8, 4) is 11.8 Å². The van der Waals surface area contributed by atoms with Crippen LogP contribution in [-0.4, -0.2) is 27.4 Å². The number of fused-ring (bicyclic) bond motifs is 1. The second kappa shape index (κ2) is 7.59. The van der Waals surface area contributed by atoms with Crippen LogP contribution in [0.4, 0.5) is 0 Å². The van der Waals surface area contributed by atoms with Crippen molar-refractivity contribution in [3.05, 3.63) is 51.9 Å². The number of rotatable bonds is 5. The summed E-state index contributed by atoms with van der Waals surface area (Å²) in [6.07, 6.45) is 6.32. The second-order valence-corrected chi connectivity index (χ2v) is 8.39. The van der Waals surface area contributed by atoms with Gasteiger partial charge in [-0.05, 0) is 50.3 Å². The summed E-state index contributed by atoms with van der Waals surface area (Å²) in [5.41, 5.74) is 0.337. The molecule has 2 aromatic rings. The van der Waals surface area contributed by atoms with E-state index in [4.69, 9.17) is 9.47 Å². The summed E-state index contributed by atoms with van der Waals surface area (Å²) in [6, 6.07) is 9.99. The van der Waals surface area contributed by atoms with Gasteiger partial charge in [0.2, 0.25) is 0 Å². The van der Waals surface area contributed by atoms with Gasteiger partial charge in [-0.25, -0.2) is 0 Å². The Morgan fingerprint density at radius 2 is 1.93 bits per heavy atom. The maximum absolute atomic E-state index is 11.8. The van der Waals surface area contributed by atoms with E-state index < -0.39 is 11.2 Å². The molecule has 0 bridgehead atoms. The molecule has 1 aliphatic heterocycles. The molecular weight excluding hydrogens is 356 g/mol. The molecular formula is C22H28N2O4. The summed E-state index contributed by atoms with van der Waals surface area (Å²) in [6.45, 7) is 4.13. The summed E-state index contributed by atoms with van der Waals surface area (Å²) in [4.78, 5) is 15.7. The third-order valence-corrected chi connectivity index (χ3v) is 5.67. The molecule has 6 heteroatoms. The Morgan fingerprint density at radius 3 is 2.61 bits per heavy atom. The minimum absolute atomic E-state index is 0.242. The number of nitrogens with zero attached hydrogens (tertiary/aromatic N) is 2. The van der Waals surface area contributed by atoms with Gasteiger partial charge in [-0.15, -0.1) is 0 Å². The quantitative estimate of drug-likeness (QED) is 0.856. The van der Waals surface area contributed by atoms with Crippen LogP contribution in [-0.2, 0) is 12.1 Å². The second-order valence-electron chi connectivity index (χ2n) is 8.39. The molecule has 1 N–H and O–H groups in total. The van der Waals surface area contributed by atoms with E-state index in [1.54, 1.807) is 18.4 Å². The Hall–Kier alpha value is -2.34. The summed E-state index contributed by atoms with van der Waals surface area (Å²) < 4.78 is 13.4. The molecule has 1 aromatic carbocycles. The van der Waals surface area contributed by atoms with Gasteiger partial charge in [0.25, 0.3) is 5.56 Å². The number of hydrogen-bond acceptors (Lipinski definition) is 5. The molecule has 28 heavy (non-hydrogen) atoms. The van der Waals surface area contributed by atoms with Gasteiger partial charge in [-0.3, -0.25) is 9.36 Å². The van der Waals surface area contributed by atoms with Crippen LogP contribution in [0.1, 0.15) is 63.1 Å². The molecule has 1 atom stereocenters. The Kier molecular flexibility index (Phi) is 5.15. The number of benzene rings is 1. The molecule has 1 aromatic heterocycles. The lowest BCUT2D eigenvalue weighted by atomic mass is 9.84. The maximum Gasteiger partial charge on any atom is 0.300 e.